The Labute approximate surface area is 139 Å². The maximum Gasteiger partial charge on any atom is 0.266 e. The number of hydrogen-bond acceptors (Lipinski definition) is 2. The lowest BCUT2D eigenvalue weighted by Gasteiger charge is -2.17. The number of carbonyl (C=O) groups is 1. The molecule has 2 heterocycles. The summed E-state index contributed by atoms with van der Waals surface area (Å²) >= 11 is 1.58. The van der Waals surface area contributed by atoms with Crippen molar-refractivity contribution >= 4 is 22.9 Å². The van der Waals surface area contributed by atoms with Crippen LogP contribution in [0, 0.1) is 5.41 Å². The maximum atomic E-state index is 13.0. The number of carbonyl (C=O) groups excluding carboxylic acids is 1. The Morgan fingerprint density at radius 2 is 2.04 bits per heavy atom. The second kappa shape index (κ2) is 6.83. The first-order valence-electron chi connectivity index (χ1n) is 7.49. The molecule has 0 aliphatic heterocycles. The molecule has 23 heavy (non-hydrogen) atoms. The van der Waals surface area contributed by atoms with Gasteiger partial charge in [0, 0.05) is 29.9 Å². The van der Waals surface area contributed by atoms with E-state index in [0.29, 0.717) is 5.69 Å². The number of aromatic nitrogens is 1. The standard InChI is InChI=1S/C17H22F2N2OS/c1-17(2,3)7-5-14-13(6-8-23-14)20-16(22)12-10-21(4)9-11(12)15(18)19/h6,8-10,15H,5,7H2,1-4H3,(H,20,22). The number of nitrogens with one attached hydrogen (secondary N) is 1. The molecule has 1 amide bonds. The van der Waals surface area contributed by atoms with Crippen molar-refractivity contribution in [2.75, 3.05) is 5.32 Å². The first kappa shape index (κ1) is 17.7. The Bertz CT molecular complexity index is 683. The van der Waals surface area contributed by atoms with Crippen LogP contribution in [-0.4, -0.2) is 10.5 Å². The Morgan fingerprint density at radius 1 is 1.35 bits per heavy atom. The van der Waals surface area contributed by atoms with E-state index in [2.05, 4.69) is 26.1 Å². The molecule has 0 radical (unpaired) electrons. The van der Waals surface area contributed by atoms with Gasteiger partial charge in [-0.15, -0.1) is 11.3 Å². The minimum Gasteiger partial charge on any atom is -0.356 e. The molecule has 0 saturated carbocycles. The third-order valence-corrected chi connectivity index (χ3v) is 4.54. The molecule has 0 bridgehead atoms. The van der Waals surface area contributed by atoms with Gasteiger partial charge in [-0.05, 0) is 29.7 Å². The number of nitrogens with zero attached hydrogens (tertiary/aromatic N) is 1. The van der Waals surface area contributed by atoms with Crippen LogP contribution in [0.15, 0.2) is 23.8 Å². The van der Waals surface area contributed by atoms with Gasteiger partial charge in [0.25, 0.3) is 12.3 Å². The van der Waals surface area contributed by atoms with Gasteiger partial charge in [-0.3, -0.25) is 4.79 Å². The van der Waals surface area contributed by atoms with Crippen LogP contribution >= 0.6 is 11.3 Å². The molecular formula is C17H22F2N2OS. The summed E-state index contributed by atoms with van der Waals surface area (Å²) in [6.45, 7) is 6.49. The fourth-order valence-corrected chi connectivity index (χ4v) is 3.13. The highest BCUT2D eigenvalue weighted by Crippen LogP contribution is 2.30. The van der Waals surface area contributed by atoms with Gasteiger partial charge in [0.15, 0.2) is 0 Å². The van der Waals surface area contributed by atoms with Gasteiger partial charge < -0.3 is 9.88 Å². The van der Waals surface area contributed by atoms with Crippen molar-refractivity contribution in [2.24, 2.45) is 12.5 Å². The van der Waals surface area contributed by atoms with E-state index in [1.54, 1.807) is 18.4 Å². The lowest BCUT2D eigenvalue weighted by atomic mass is 9.90. The minimum absolute atomic E-state index is 0.0236. The summed E-state index contributed by atoms with van der Waals surface area (Å²) in [6, 6.07) is 1.82. The van der Waals surface area contributed by atoms with Gasteiger partial charge in [-0.25, -0.2) is 8.78 Å². The molecule has 0 fully saturated rings. The molecule has 6 heteroatoms. The largest absolute Gasteiger partial charge is 0.356 e. The number of rotatable bonds is 5. The molecule has 3 nitrogen and oxygen atoms in total. The van der Waals surface area contributed by atoms with Crippen molar-refractivity contribution in [1.82, 2.24) is 4.57 Å². The van der Waals surface area contributed by atoms with Gasteiger partial charge in [0.05, 0.1) is 11.3 Å². The molecule has 0 spiro atoms. The van der Waals surface area contributed by atoms with E-state index >= 15 is 0 Å². The summed E-state index contributed by atoms with van der Waals surface area (Å²) in [7, 11) is 1.63. The average molecular weight is 340 g/mol. The number of halogens is 2. The average Bonchev–Trinajstić information content (AvgIpc) is 3.02. The summed E-state index contributed by atoms with van der Waals surface area (Å²) in [4.78, 5) is 13.4. The second-order valence-electron chi connectivity index (χ2n) is 6.87. The molecule has 2 aromatic rings. The normalized spacial score (nSPS) is 12.0. The van der Waals surface area contributed by atoms with Crippen LogP contribution in [0.4, 0.5) is 14.5 Å². The lowest BCUT2D eigenvalue weighted by molar-refractivity contribution is 0.101. The van der Waals surface area contributed by atoms with Crippen molar-refractivity contribution < 1.29 is 13.6 Å². The Kier molecular flexibility index (Phi) is 5.24. The predicted molar refractivity (Wildman–Crippen MR) is 90.4 cm³/mol. The zero-order chi connectivity index (χ0) is 17.2. The molecule has 2 aromatic heterocycles. The maximum absolute atomic E-state index is 13.0. The molecule has 0 aliphatic carbocycles. The molecule has 2 rings (SSSR count). The third-order valence-electron chi connectivity index (χ3n) is 3.56. The van der Waals surface area contributed by atoms with E-state index in [1.807, 2.05) is 11.4 Å². The zero-order valence-corrected chi connectivity index (χ0v) is 14.6. The predicted octanol–water partition coefficient (Wildman–Crippen LogP) is 5.26. The van der Waals surface area contributed by atoms with E-state index < -0.39 is 12.3 Å². The van der Waals surface area contributed by atoms with Crippen molar-refractivity contribution in [3.63, 3.8) is 0 Å². The molecule has 0 aromatic carbocycles. The second-order valence-corrected chi connectivity index (χ2v) is 7.87. The summed E-state index contributed by atoms with van der Waals surface area (Å²) in [5.41, 5.74) is 0.702. The number of anilines is 1. The number of aryl methyl sites for hydroxylation is 2. The van der Waals surface area contributed by atoms with Crippen LogP contribution in [0.1, 0.15) is 54.4 Å². The number of thiophene rings is 1. The van der Waals surface area contributed by atoms with E-state index in [4.69, 9.17) is 0 Å². The Hall–Kier alpha value is -1.69. The molecule has 0 atom stereocenters. The summed E-state index contributed by atoms with van der Waals surface area (Å²) < 4.78 is 27.5. The van der Waals surface area contributed by atoms with Crippen LogP contribution in [0.2, 0.25) is 0 Å². The van der Waals surface area contributed by atoms with E-state index in [1.165, 1.54) is 17.0 Å². The Balaban J connectivity index is 2.14. The first-order valence-corrected chi connectivity index (χ1v) is 8.37. The highest BCUT2D eigenvalue weighted by molar-refractivity contribution is 7.10. The van der Waals surface area contributed by atoms with Crippen LogP contribution in [0.3, 0.4) is 0 Å². The van der Waals surface area contributed by atoms with Crippen LogP contribution in [0.5, 0.6) is 0 Å². The molecular weight excluding hydrogens is 318 g/mol. The van der Waals surface area contributed by atoms with E-state index in [0.717, 1.165) is 17.7 Å². The van der Waals surface area contributed by atoms with E-state index in [-0.39, 0.29) is 16.5 Å². The number of amides is 1. The van der Waals surface area contributed by atoms with Crippen molar-refractivity contribution in [1.29, 1.82) is 0 Å². The quantitative estimate of drug-likeness (QED) is 0.792. The fraction of sp³-hybridized carbons (Fsp3) is 0.471. The van der Waals surface area contributed by atoms with Gasteiger partial charge in [0.1, 0.15) is 0 Å². The highest BCUT2D eigenvalue weighted by Gasteiger charge is 2.21. The summed E-state index contributed by atoms with van der Waals surface area (Å²) in [5.74, 6) is -0.490. The van der Waals surface area contributed by atoms with Gasteiger partial charge >= 0.3 is 0 Å². The van der Waals surface area contributed by atoms with Crippen molar-refractivity contribution in [3.05, 3.63) is 39.8 Å². The SMILES string of the molecule is Cn1cc(C(=O)Nc2ccsc2CCC(C)(C)C)c(C(F)F)c1. The van der Waals surface area contributed by atoms with Crippen LogP contribution in [0.25, 0.3) is 0 Å². The monoisotopic (exact) mass is 340 g/mol. The van der Waals surface area contributed by atoms with Crippen LogP contribution in [-0.2, 0) is 13.5 Å². The van der Waals surface area contributed by atoms with Gasteiger partial charge in [-0.1, -0.05) is 20.8 Å². The van der Waals surface area contributed by atoms with Crippen molar-refractivity contribution in [2.45, 2.75) is 40.0 Å². The smallest absolute Gasteiger partial charge is 0.266 e. The molecule has 0 saturated heterocycles. The highest BCUT2D eigenvalue weighted by atomic mass is 32.1. The zero-order valence-electron chi connectivity index (χ0n) is 13.8. The number of alkyl halides is 2. The Morgan fingerprint density at radius 3 is 2.65 bits per heavy atom. The lowest BCUT2D eigenvalue weighted by Crippen LogP contribution is -2.14. The molecule has 0 unspecified atom stereocenters. The molecule has 1 N–H and O–H groups in total. The summed E-state index contributed by atoms with van der Waals surface area (Å²) in [6.07, 6.45) is 1.89. The molecule has 126 valence electrons. The van der Waals surface area contributed by atoms with Crippen LogP contribution < -0.4 is 5.32 Å². The third kappa shape index (κ3) is 4.64. The number of hydrogen-bond donors (Lipinski definition) is 1. The van der Waals surface area contributed by atoms with E-state index in [9.17, 15) is 13.6 Å². The first-order chi connectivity index (χ1) is 10.7. The molecule has 0 aliphatic rings. The summed E-state index contributed by atoms with van der Waals surface area (Å²) in [5, 5.41) is 4.69. The van der Waals surface area contributed by atoms with Gasteiger partial charge in [0.2, 0.25) is 0 Å². The van der Waals surface area contributed by atoms with Crippen molar-refractivity contribution in [3.8, 4) is 0 Å². The minimum atomic E-state index is -2.67. The topological polar surface area (TPSA) is 34.0 Å². The fourth-order valence-electron chi connectivity index (χ4n) is 2.29. The van der Waals surface area contributed by atoms with Gasteiger partial charge in [-0.2, -0.15) is 0 Å².